The smallest absolute Gasteiger partial charge is 0.408 e. The summed E-state index contributed by atoms with van der Waals surface area (Å²) in [4.78, 5) is 70.6. The monoisotopic (exact) mass is 774 g/mol. The third kappa shape index (κ3) is 10.9. The molecular weight excluding hydrogens is 727 g/mol. The van der Waals surface area contributed by atoms with Crippen molar-refractivity contribution in [2.24, 2.45) is 5.84 Å². The molecule has 56 heavy (non-hydrogen) atoms. The fraction of sp³-hybridized carbons (Fsp3) is 0.359. The number of hydroxylamine groups is 2. The number of hydrazine groups is 1. The van der Waals surface area contributed by atoms with Crippen LogP contribution in [0.5, 0.6) is 0 Å². The Morgan fingerprint density at radius 1 is 0.929 bits per heavy atom. The second kappa shape index (κ2) is 19.6. The first kappa shape index (κ1) is 41.3. The number of carbonyl (C=O) groups is 4. The molecule has 0 spiro atoms. The maximum absolute atomic E-state index is 15.3. The maximum atomic E-state index is 15.3. The average Bonchev–Trinajstić information content (AvgIpc) is 3.20. The first-order valence-electron chi connectivity index (χ1n) is 18.3. The first-order chi connectivity index (χ1) is 27.0. The summed E-state index contributed by atoms with van der Waals surface area (Å²) in [7, 11) is 0. The Balaban J connectivity index is 1.10. The molecule has 5 rings (SSSR count). The number of amides is 3. The molecule has 1 saturated heterocycles. The van der Waals surface area contributed by atoms with Gasteiger partial charge in [-0.15, -0.1) is 0 Å². The van der Waals surface area contributed by atoms with Crippen LogP contribution in [0.4, 0.5) is 20.6 Å². The van der Waals surface area contributed by atoms with E-state index in [-0.39, 0.29) is 25.0 Å². The normalized spacial score (nSPS) is 14.2. The Bertz CT molecular complexity index is 2060. The average molecular weight is 775 g/mol. The second-order valence-electron chi connectivity index (χ2n) is 13.2. The lowest BCUT2D eigenvalue weighted by atomic mass is 10.1. The number of aromatic carboxylic acids is 1. The van der Waals surface area contributed by atoms with Gasteiger partial charge in [0.2, 0.25) is 17.2 Å². The van der Waals surface area contributed by atoms with Gasteiger partial charge in [0.25, 0.3) is 0 Å². The van der Waals surface area contributed by atoms with Crippen molar-refractivity contribution < 1.29 is 38.2 Å². The number of rotatable bonds is 17. The zero-order valence-corrected chi connectivity index (χ0v) is 31.3. The van der Waals surface area contributed by atoms with Crippen molar-refractivity contribution in [3.05, 3.63) is 106 Å². The number of alkyl carbamates (subject to hydrolysis) is 1. The van der Waals surface area contributed by atoms with Gasteiger partial charge in [0.1, 0.15) is 30.1 Å². The topological polar surface area (TPSA) is 210 Å². The molecule has 0 aliphatic carbocycles. The number of anilines is 2. The quantitative estimate of drug-likeness (QED) is 0.0520. The van der Waals surface area contributed by atoms with E-state index in [1.165, 1.54) is 13.1 Å². The number of fused-ring (bicyclic) bond motifs is 1. The zero-order chi connectivity index (χ0) is 40.2. The van der Waals surface area contributed by atoms with Crippen molar-refractivity contribution in [3.63, 3.8) is 0 Å². The Kier molecular flexibility index (Phi) is 14.5. The molecule has 2 heterocycles. The third-order valence-corrected chi connectivity index (χ3v) is 9.32. The highest BCUT2D eigenvalue weighted by Crippen LogP contribution is 2.27. The predicted octanol–water partition coefficient (Wildman–Crippen LogP) is 3.09. The van der Waals surface area contributed by atoms with Crippen LogP contribution in [0, 0.1) is 5.82 Å². The SMILES string of the molecule is CCn1cc(C(=O)O)c(=O)c2cc(F)c(N3CCN(OCc4ccc(NC(=O)[C@H](CCCNN)NC(=O)[C@@H](C)NC(=O)OCc5ccccc5)cc4)CC3)cc21. The van der Waals surface area contributed by atoms with Gasteiger partial charge in [0.15, 0.2) is 0 Å². The van der Waals surface area contributed by atoms with Crippen LogP contribution in [-0.4, -0.2) is 83.4 Å². The lowest BCUT2D eigenvalue weighted by Crippen LogP contribution is -2.51. The van der Waals surface area contributed by atoms with Gasteiger partial charge in [-0.2, -0.15) is 5.06 Å². The second-order valence-corrected chi connectivity index (χ2v) is 13.2. The minimum absolute atomic E-state index is 0.0188. The maximum Gasteiger partial charge on any atom is 0.408 e. The van der Waals surface area contributed by atoms with Crippen molar-refractivity contribution in [1.29, 1.82) is 0 Å². The molecule has 1 aliphatic rings. The number of pyridine rings is 1. The van der Waals surface area contributed by atoms with E-state index in [9.17, 15) is 29.1 Å². The van der Waals surface area contributed by atoms with Gasteiger partial charge >= 0.3 is 12.1 Å². The minimum Gasteiger partial charge on any atom is -0.477 e. The molecule has 0 saturated carbocycles. The lowest BCUT2D eigenvalue weighted by molar-refractivity contribution is -0.171. The van der Waals surface area contributed by atoms with Gasteiger partial charge in [-0.25, -0.2) is 14.0 Å². The molecule has 0 radical (unpaired) electrons. The molecule has 0 unspecified atom stereocenters. The van der Waals surface area contributed by atoms with Gasteiger partial charge in [0.05, 0.1) is 17.8 Å². The molecular formula is C39H47FN8O8. The van der Waals surface area contributed by atoms with Crippen LogP contribution in [0.2, 0.25) is 0 Å². The van der Waals surface area contributed by atoms with Gasteiger partial charge in [-0.05, 0) is 62.1 Å². The van der Waals surface area contributed by atoms with E-state index in [2.05, 4.69) is 21.4 Å². The molecule has 1 fully saturated rings. The number of halogens is 1. The molecule has 4 aromatic rings. The number of aryl methyl sites for hydroxylation is 1. The number of carbonyl (C=O) groups excluding carboxylic acids is 3. The Morgan fingerprint density at radius 2 is 1.62 bits per heavy atom. The van der Waals surface area contributed by atoms with E-state index >= 15 is 4.39 Å². The number of nitrogens with zero attached hydrogens (tertiary/aromatic N) is 3. The number of hydrogen-bond donors (Lipinski definition) is 6. The summed E-state index contributed by atoms with van der Waals surface area (Å²) in [6.45, 7) is 6.26. The number of ether oxygens (including phenoxy) is 1. The molecule has 2 atom stereocenters. The van der Waals surface area contributed by atoms with Crippen molar-refractivity contribution in [2.45, 2.75) is 58.5 Å². The lowest BCUT2D eigenvalue weighted by Gasteiger charge is -2.35. The highest BCUT2D eigenvalue weighted by molar-refractivity contribution is 5.98. The molecule has 17 heteroatoms. The summed E-state index contributed by atoms with van der Waals surface area (Å²) in [5.41, 5.74) is 4.33. The van der Waals surface area contributed by atoms with Gasteiger partial charge < -0.3 is 35.3 Å². The number of aromatic nitrogens is 1. The van der Waals surface area contributed by atoms with E-state index in [1.54, 1.807) is 40.0 Å². The molecule has 1 aliphatic heterocycles. The van der Waals surface area contributed by atoms with E-state index in [1.807, 2.05) is 42.2 Å². The molecule has 3 aromatic carbocycles. The number of nitrogens with two attached hydrogens (primary N) is 1. The standard InChI is InChI=1S/C39H47FN8O8/c1-3-46-22-30(38(52)53)35(49)29-20-31(40)34(21-33(29)46)47-16-18-48(19-17-47)56-24-27-11-13-28(14-12-27)44-37(51)32(10-7-15-42-41)45-36(50)25(2)43-39(54)55-23-26-8-5-4-6-9-26/h4-6,8-9,11-14,20-22,25,32,42H,3,7,10,15-19,23-24,41H2,1-2H3,(H,43,54)(H,44,51)(H,45,50)(H,52,53)/t25-,32+/m1/s1. The van der Waals surface area contributed by atoms with E-state index in [0.717, 1.165) is 17.2 Å². The van der Waals surface area contributed by atoms with Gasteiger partial charge in [0, 0.05) is 56.5 Å². The summed E-state index contributed by atoms with van der Waals surface area (Å²) >= 11 is 0. The number of nitrogens with one attached hydrogen (secondary N) is 4. The molecule has 7 N–H and O–H groups in total. The van der Waals surface area contributed by atoms with Crippen LogP contribution in [0.3, 0.4) is 0 Å². The number of hydrogen-bond acceptors (Lipinski definition) is 11. The summed E-state index contributed by atoms with van der Waals surface area (Å²) in [5, 5.41) is 19.2. The Morgan fingerprint density at radius 3 is 2.29 bits per heavy atom. The first-order valence-corrected chi connectivity index (χ1v) is 18.3. The van der Waals surface area contributed by atoms with Gasteiger partial charge in [-0.3, -0.25) is 30.5 Å². The summed E-state index contributed by atoms with van der Waals surface area (Å²) in [6, 6.07) is 17.0. The van der Waals surface area contributed by atoms with Crippen molar-refractivity contribution in [1.82, 2.24) is 25.7 Å². The number of benzene rings is 3. The van der Waals surface area contributed by atoms with Crippen molar-refractivity contribution in [3.8, 4) is 0 Å². The van der Waals surface area contributed by atoms with Crippen molar-refractivity contribution in [2.75, 3.05) is 42.9 Å². The highest BCUT2D eigenvalue weighted by atomic mass is 19.1. The van der Waals surface area contributed by atoms with Crippen LogP contribution < -0.4 is 37.5 Å². The van der Waals surface area contributed by atoms with E-state index < -0.39 is 52.8 Å². The van der Waals surface area contributed by atoms with E-state index in [4.69, 9.17) is 15.4 Å². The van der Waals surface area contributed by atoms with Gasteiger partial charge in [-0.1, -0.05) is 42.5 Å². The number of carboxylic acids is 1. The molecule has 1 aromatic heterocycles. The fourth-order valence-electron chi connectivity index (χ4n) is 6.17. The largest absolute Gasteiger partial charge is 0.477 e. The van der Waals surface area contributed by atoms with Crippen LogP contribution >= 0.6 is 0 Å². The minimum atomic E-state index is -1.36. The molecule has 16 nitrogen and oxygen atoms in total. The van der Waals surface area contributed by atoms with Crippen LogP contribution in [-0.2, 0) is 38.9 Å². The Labute approximate surface area is 322 Å². The predicted molar refractivity (Wildman–Crippen MR) is 207 cm³/mol. The van der Waals surface area contributed by atoms with Crippen LogP contribution in [0.15, 0.2) is 77.7 Å². The summed E-state index contributed by atoms with van der Waals surface area (Å²) in [6.07, 6.45) is 1.30. The zero-order valence-electron chi connectivity index (χ0n) is 31.3. The Hall–Kier alpha value is -5.88. The number of carboxylic acid groups (broad SMARTS) is 1. The summed E-state index contributed by atoms with van der Waals surface area (Å²) in [5.74, 6) is 2.43. The molecule has 3 amide bonds. The highest BCUT2D eigenvalue weighted by Gasteiger charge is 2.26. The van der Waals surface area contributed by atoms with E-state index in [0.29, 0.717) is 62.6 Å². The fourth-order valence-corrected chi connectivity index (χ4v) is 6.17. The third-order valence-electron chi connectivity index (χ3n) is 9.32. The van der Waals surface area contributed by atoms with Crippen LogP contribution in [0.1, 0.15) is 48.2 Å². The van der Waals surface area contributed by atoms with Crippen LogP contribution in [0.25, 0.3) is 10.9 Å². The number of piperazine rings is 1. The summed E-state index contributed by atoms with van der Waals surface area (Å²) < 4.78 is 22.1. The van der Waals surface area contributed by atoms with Crippen molar-refractivity contribution >= 4 is 46.2 Å². The molecule has 298 valence electrons. The molecule has 0 bridgehead atoms.